The van der Waals surface area contributed by atoms with Crippen LogP contribution in [0.25, 0.3) is 0 Å². The Hall–Kier alpha value is -3.47. The van der Waals surface area contributed by atoms with Crippen LogP contribution in [-0.4, -0.2) is 75.5 Å². The highest BCUT2D eigenvalue weighted by Crippen LogP contribution is 2.18. The van der Waals surface area contributed by atoms with Gasteiger partial charge in [0.25, 0.3) is 0 Å². The van der Waals surface area contributed by atoms with Crippen LogP contribution < -0.4 is 16.4 Å². The van der Waals surface area contributed by atoms with Gasteiger partial charge in [0.2, 0.25) is 17.7 Å². The first-order valence-electron chi connectivity index (χ1n) is 10.3. The maximum absolute atomic E-state index is 12.6. The topological polar surface area (TPSA) is 179 Å². The van der Waals surface area contributed by atoms with Crippen LogP contribution in [-0.2, 0) is 30.4 Å². The standard InChI is InChI=1S/C21H28N4O7/c1-12(20(30)25-9-5-8-16(25)21(31)32)23-19(29)15(11-17(26)27)24-18(28)14(22)10-13-6-3-2-4-7-13/h2-4,6-7,12,14-16H,5,8-11,22H2,1H3,(H,23,29)(H,24,28)(H,26,27)(H,31,32). The van der Waals surface area contributed by atoms with Crippen LogP contribution in [0.15, 0.2) is 30.3 Å². The molecule has 1 fully saturated rings. The zero-order chi connectivity index (χ0) is 23.8. The monoisotopic (exact) mass is 448 g/mol. The maximum Gasteiger partial charge on any atom is 0.326 e. The predicted molar refractivity (Wildman–Crippen MR) is 112 cm³/mol. The molecule has 1 aliphatic rings. The van der Waals surface area contributed by atoms with Gasteiger partial charge in [-0.2, -0.15) is 0 Å². The van der Waals surface area contributed by atoms with E-state index in [4.69, 9.17) is 10.8 Å². The number of nitrogens with zero attached hydrogens (tertiary/aromatic N) is 1. The van der Waals surface area contributed by atoms with Gasteiger partial charge < -0.3 is 31.5 Å². The number of carboxylic acids is 2. The smallest absolute Gasteiger partial charge is 0.326 e. The Morgan fingerprint density at radius 1 is 1.09 bits per heavy atom. The van der Waals surface area contributed by atoms with Crippen molar-refractivity contribution in [3.8, 4) is 0 Å². The van der Waals surface area contributed by atoms with Crippen molar-refractivity contribution in [2.75, 3.05) is 6.54 Å². The molecule has 4 atom stereocenters. The summed E-state index contributed by atoms with van der Waals surface area (Å²) in [6.45, 7) is 1.62. The first-order valence-corrected chi connectivity index (χ1v) is 10.3. The molecule has 1 saturated heterocycles. The van der Waals surface area contributed by atoms with Crippen molar-refractivity contribution in [1.82, 2.24) is 15.5 Å². The lowest BCUT2D eigenvalue weighted by molar-refractivity contribution is -0.149. The Bertz CT molecular complexity index is 861. The van der Waals surface area contributed by atoms with Crippen molar-refractivity contribution in [2.24, 2.45) is 5.73 Å². The summed E-state index contributed by atoms with van der Waals surface area (Å²) in [5.74, 6) is -4.63. The van der Waals surface area contributed by atoms with Crippen LogP contribution in [0.3, 0.4) is 0 Å². The molecule has 4 unspecified atom stereocenters. The Labute approximate surface area is 184 Å². The number of carbonyl (C=O) groups is 5. The molecule has 1 aliphatic heterocycles. The molecule has 32 heavy (non-hydrogen) atoms. The Kier molecular flexibility index (Phi) is 8.71. The van der Waals surface area contributed by atoms with E-state index in [2.05, 4.69) is 10.6 Å². The van der Waals surface area contributed by atoms with Crippen molar-refractivity contribution < 1.29 is 34.2 Å². The molecule has 174 valence electrons. The van der Waals surface area contributed by atoms with Gasteiger partial charge in [-0.3, -0.25) is 19.2 Å². The minimum absolute atomic E-state index is 0.189. The lowest BCUT2D eigenvalue weighted by Crippen LogP contribution is -2.57. The Morgan fingerprint density at radius 2 is 1.75 bits per heavy atom. The van der Waals surface area contributed by atoms with Crippen molar-refractivity contribution in [3.63, 3.8) is 0 Å². The van der Waals surface area contributed by atoms with Gasteiger partial charge in [0.15, 0.2) is 0 Å². The highest BCUT2D eigenvalue weighted by Gasteiger charge is 2.37. The van der Waals surface area contributed by atoms with Gasteiger partial charge in [0.1, 0.15) is 18.1 Å². The normalized spacial score (nSPS) is 18.3. The number of hydrogen-bond donors (Lipinski definition) is 5. The van der Waals surface area contributed by atoms with Gasteiger partial charge in [-0.1, -0.05) is 30.3 Å². The van der Waals surface area contributed by atoms with E-state index in [1.54, 1.807) is 24.3 Å². The van der Waals surface area contributed by atoms with E-state index in [1.165, 1.54) is 11.8 Å². The molecule has 1 heterocycles. The molecule has 0 aromatic heterocycles. The summed E-state index contributed by atoms with van der Waals surface area (Å²) in [5, 5.41) is 23.1. The first kappa shape index (κ1) is 24.8. The maximum atomic E-state index is 12.6. The number of amides is 3. The van der Waals surface area contributed by atoms with Gasteiger partial charge >= 0.3 is 11.9 Å². The summed E-state index contributed by atoms with van der Waals surface area (Å²) in [6, 6.07) is 4.41. The predicted octanol–water partition coefficient (Wildman–Crippen LogP) is -0.904. The summed E-state index contributed by atoms with van der Waals surface area (Å²) >= 11 is 0. The van der Waals surface area contributed by atoms with Crippen LogP contribution in [0.1, 0.15) is 31.7 Å². The van der Waals surface area contributed by atoms with Gasteiger partial charge in [0, 0.05) is 6.54 Å². The average Bonchev–Trinajstić information content (AvgIpc) is 3.23. The van der Waals surface area contributed by atoms with Crippen molar-refractivity contribution in [1.29, 1.82) is 0 Å². The van der Waals surface area contributed by atoms with Gasteiger partial charge in [-0.05, 0) is 31.7 Å². The molecule has 2 rings (SSSR count). The van der Waals surface area contributed by atoms with Crippen LogP contribution in [0, 0.1) is 0 Å². The fourth-order valence-corrected chi connectivity index (χ4v) is 3.54. The van der Waals surface area contributed by atoms with Crippen LogP contribution >= 0.6 is 0 Å². The second-order valence-corrected chi connectivity index (χ2v) is 7.71. The van der Waals surface area contributed by atoms with Crippen LogP contribution in [0.5, 0.6) is 0 Å². The second kappa shape index (κ2) is 11.2. The largest absolute Gasteiger partial charge is 0.481 e. The fourth-order valence-electron chi connectivity index (χ4n) is 3.54. The van der Waals surface area contributed by atoms with E-state index in [1.807, 2.05) is 6.07 Å². The molecule has 1 aromatic rings. The summed E-state index contributed by atoms with van der Waals surface area (Å²) in [5.41, 5.74) is 6.70. The molecule has 0 saturated carbocycles. The molecule has 11 heteroatoms. The van der Waals surface area contributed by atoms with Crippen molar-refractivity contribution in [2.45, 2.75) is 56.8 Å². The molecule has 0 radical (unpaired) electrons. The lowest BCUT2D eigenvalue weighted by atomic mass is 10.1. The molecule has 11 nitrogen and oxygen atoms in total. The third-order valence-corrected chi connectivity index (χ3v) is 5.20. The number of nitrogens with two attached hydrogens (primary N) is 1. The van der Waals surface area contributed by atoms with E-state index in [9.17, 15) is 29.1 Å². The number of carboxylic acid groups (broad SMARTS) is 2. The molecule has 0 spiro atoms. The fraction of sp³-hybridized carbons (Fsp3) is 0.476. The minimum Gasteiger partial charge on any atom is -0.481 e. The molecule has 6 N–H and O–H groups in total. The van der Waals surface area contributed by atoms with Gasteiger partial charge in [-0.15, -0.1) is 0 Å². The molecular weight excluding hydrogens is 420 g/mol. The van der Waals surface area contributed by atoms with Crippen molar-refractivity contribution >= 4 is 29.7 Å². The van der Waals surface area contributed by atoms with E-state index < -0.39 is 60.2 Å². The number of nitrogens with one attached hydrogen (secondary N) is 2. The molecule has 0 aliphatic carbocycles. The molecule has 1 aromatic carbocycles. The Balaban J connectivity index is 2.00. The summed E-state index contributed by atoms with van der Waals surface area (Å²) in [7, 11) is 0. The van der Waals surface area contributed by atoms with E-state index >= 15 is 0 Å². The highest BCUT2D eigenvalue weighted by molar-refractivity contribution is 5.95. The summed E-state index contributed by atoms with van der Waals surface area (Å²) in [6.07, 6.45) is 0.325. The number of aliphatic carboxylic acids is 2. The number of carbonyl (C=O) groups excluding carboxylic acids is 3. The number of rotatable bonds is 10. The number of benzene rings is 1. The van der Waals surface area contributed by atoms with E-state index in [-0.39, 0.29) is 13.0 Å². The van der Waals surface area contributed by atoms with Crippen molar-refractivity contribution in [3.05, 3.63) is 35.9 Å². The molecule has 3 amide bonds. The molecule has 0 bridgehead atoms. The quantitative estimate of drug-likeness (QED) is 0.305. The van der Waals surface area contributed by atoms with Crippen LogP contribution in [0.4, 0.5) is 0 Å². The SMILES string of the molecule is CC(NC(=O)C(CC(=O)O)NC(=O)C(N)Cc1ccccc1)C(=O)N1CCCC1C(=O)O. The summed E-state index contributed by atoms with van der Waals surface area (Å²) < 4.78 is 0. The average molecular weight is 448 g/mol. The number of likely N-dealkylation sites (tertiary alicyclic amines) is 1. The Morgan fingerprint density at radius 3 is 2.34 bits per heavy atom. The summed E-state index contributed by atoms with van der Waals surface area (Å²) in [4.78, 5) is 61.3. The minimum atomic E-state index is -1.45. The zero-order valence-corrected chi connectivity index (χ0v) is 17.7. The first-order chi connectivity index (χ1) is 15.1. The van der Waals surface area contributed by atoms with Gasteiger partial charge in [0.05, 0.1) is 12.5 Å². The third-order valence-electron chi connectivity index (χ3n) is 5.20. The van der Waals surface area contributed by atoms with Crippen LogP contribution in [0.2, 0.25) is 0 Å². The lowest BCUT2D eigenvalue weighted by Gasteiger charge is -2.26. The number of hydrogen-bond acceptors (Lipinski definition) is 6. The second-order valence-electron chi connectivity index (χ2n) is 7.71. The third kappa shape index (κ3) is 6.77. The highest BCUT2D eigenvalue weighted by atomic mass is 16.4. The molecular formula is C21H28N4O7. The zero-order valence-electron chi connectivity index (χ0n) is 17.7. The van der Waals surface area contributed by atoms with Gasteiger partial charge in [-0.25, -0.2) is 4.79 Å². The van der Waals surface area contributed by atoms with E-state index in [0.29, 0.717) is 12.8 Å². The van der Waals surface area contributed by atoms with E-state index in [0.717, 1.165) is 5.56 Å².